The second-order valence-corrected chi connectivity index (χ2v) is 7.80. The van der Waals surface area contributed by atoms with Gasteiger partial charge >= 0.3 is 5.97 Å². The SMILES string of the molecule is NN1CC(C(=O)OCc2ccccc2)N=C(c2ccccc2F)c2cc(Br)ccc21. The number of carbonyl (C=O) groups excluding carboxylic acids is 1. The largest absolute Gasteiger partial charge is 0.459 e. The van der Waals surface area contributed by atoms with E-state index in [9.17, 15) is 9.18 Å². The maximum Gasteiger partial charge on any atom is 0.333 e. The molecule has 0 bridgehead atoms. The molecule has 1 aliphatic heterocycles. The summed E-state index contributed by atoms with van der Waals surface area (Å²) < 4.78 is 20.9. The van der Waals surface area contributed by atoms with Gasteiger partial charge in [-0.05, 0) is 35.9 Å². The molecule has 1 atom stereocenters. The van der Waals surface area contributed by atoms with E-state index in [-0.39, 0.29) is 13.2 Å². The molecule has 0 amide bonds. The first-order valence-electron chi connectivity index (χ1n) is 9.38. The van der Waals surface area contributed by atoms with Crippen molar-refractivity contribution in [1.29, 1.82) is 0 Å². The van der Waals surface area contributed by atoms with Crippen LogP contribution in [0.2, 0.25) is 0 Å². The molecular formula is C23H19BrFN3O2. The highest BCUT2D eigenvalue weighted by atomic mass is 79.9. The van der Waals surface area contributed by atoms with E-state index >= 15 is 0 Å². The molecule has 1 aliphatic rings. The zero-order valence-corrected chi connectivity index (χ0v) is 17.5. The number of nitrogens with two attached hydrogens (primary N) is 1. The molecule has 2 N–H and O–H groups in total. The molecule has 1 unspecified atom stereocenters. The van der Waals surface area contributed by atoms with Crippen LogP contribution in [0.5, 0.6) is 0 Å². The van der Waals surface area contributed by atoms with Crippen molar-refractivity contribution in [3.63, 3.8) is 0 Å². The smallest absolute Gasteiger partial charge is 0.333 e. The summed E-state index contributed by atoms with van der Waals surface area (Å²) in [7, 11) is 0. The molecule has 0 saturated carbocycles. The summed E-state index contributed by atoms with van der Waals surface area (Å²) >= 11 is 3.45. The van der Waals surface area contributed by atoms with Crippen molar-refractivity contribution in [2.24, 2.45) is 10.8 Å². The van der Waals surface area contributed by atoms with Crippen LogP contribution in [0, 0.1) is 5.82 Å². The molecule has 3 aromatic rings. The topological polar surface area (TPSA) is 67.9 Å². The van der Waals surface area contributed by atoms with Gasteiger partial charge in [-0.25, -0.2) is 15.0 Å². The molecule has 4 rings (SSSR count). The molecule has 3 aromatic carbocycles. The van der Waals surface area contributed by atoms with Crippen molar-refractivity contribution in [3.8, 4) is 0 Å². The maximum atomic E-state index is 14.6. The molecule has 152 valence electrons. The van der Waals surface area contributed by atoms with E-state index in [1.807, 2.05) is 48.5 Å². The van der Waals surface area contributed by atoms with Gasteiger partial charge in [0.1, 0.15) is 12.4 Å². The van der Waals surface area contributed by atoms with Gasteiger partial charge in [0.25, 0.3) is 0 Å². The lowest BCUT2D eigenvalue weighted by Gasteiger charge is -2.21. The molecule has 0 aromatic heterocycles. The second-order valence-electron chi connectivity index (χ2n) is 6.88. The van der Waals surface area contributed by atoms with Crippen molar-refractivity contribution in [3.05, 3.63) is 99.8 Å². The molecule has 0 aliphatic carbocycles. The van der Waals surface area contributed by atoms with Crippen LogP contribution in [0.15, 0.2) is 82.3 Å². The Labute approximate surface area is 182 Å². The van der Waals surface area contributed by atoms with E-state index < -0.39 is 17.8 Å². The molecule has 0 fully saturated rings. The quantitative estimate of drug-likeness (QED) is 0.460. The number of hydrogen-bond acceptors (Lipinski definition) is 5. The minimum atomic E-state index is -0.903. The molecule has 0 spiro atoms. The van der Waals surface area contributed by atoms with Gasteiger partial charge in [0.05, 0.1) is 17.9 Å². The lowest BCUT2D eigenvalue weighted by molar-refractivity contribution is -0.146. The van der Waals surface area contributed by atoms with Crippen molar-refractivity contribution in [1.82, 2.24) is 0 Å². The van der Waals surface area contributed by atoms with Crippen LogP contribution in [0.4, 0.5) is 10.1 Å². The summed E-state index contributed by atoms with van der Waals surface area (Å²) in [6.45, 7) is 0.240. The highest BCUT2D eigenvalue weighted by molar-refractivity contribution is 9.10. The third-order valence-electron chi connectivity index (χ3n) is 4.80. The van der Waals surface area contributed by atoms with Gasteiger partial charge < -0.3 is 9.75 Å². The third kappa shape index (κ3) is 4.27. The Kier molecular flexibility index (Phi) is 5.92. The van der Waals surface area contributed by atoms with Gasteiger partial charge in [-0.2, -0.15) is 0 Å². The number of hydrogen-bond donors (Lipinski definition) is 1. The number of fused-ring (bicyclic) bond motifs is 1. The van der Waals surface area contributed by atoms with Crippen LogP contribution in [-0.2, 0) is 16.1 Å². The van der Waals surface area contributed by atoms with E-state index in [1.54, 1.807) is 18.2 Å². The number of nitrogens with zero attached hydrogens (tertiary/aromatic N) is 2. The first-order chi connectivity index (χ1) is 14.5. The zero-order chi connectivity index (χ0) is 21.1. The van der Waals surface area contributed by atoms with Crippen molar-refractivity contribution >= 4 is 33.3 Å². The van der Waals surface area contributed by atoms with Gasteiger partial charge in [0, 0.05) is 15.6 Å². The Bertz CT molecular complexity index is 1100. The van der Waals surface area contributed by atoms with E-state index in [4.69, 9.17) is 10.6 Å². The number of benzene rings is 3. The Hall–Kier alpha value is -3.03. The Morgan fingerprint density at radius 2 is 1.83 bits per heavy atom. The molecule has 1 heterocycles. The lowest BCUT2D eigenvalue weighted by Crippen LogP contribution is -2.40. The second kappa shape index (κ2) is 8.77. The van der Waals surface area contributed by atoms with Crippen LogP contribution in [0.25, 0.3) is 0 Å². The number of rotatable bonds is 4. The molecule has 7 heteroatoms. The van der Waals surface area contributed by atoms with Gasteiger partial charge in [0.2, 0.25) is 0 Å². The predicted molar refractivity (Wildman–Crippen MR) is 118 cm³/mol. The average Bonchev–Trinajstić information content (AvgIpc) is 2.89. The lowest BCUT2D eigenvalue weighted by atomic mass is 10.00. The summed E-state index contributed by atoms with van der Waals surface area (Å²) in [5, 5.41) is 1.45. The summed E-state index contributed by atoms with van der Waals surface area (Å²) in [4.78, 5) is 17.4. The Balaban J connectivity index is 1.72. The van der Waals surface area contributed by atoms with Gasteiger partial charge in [0.15, 0.2) is 6.04 Å². The van der Waals surface area contributed by atoms with Crippen molar-refractivity contribution in [2.45, 2.75) is 12.6 Å². The van der Waals surface area contributed by atoms with E-state index in [0.29, 0.717) is 22.5 Å². The third-order valence-corrected chi connectivity index (χ3v) is 5.30. The van der Waals surface area contributed by atoms with Gasteiger partial charge in [-0.1, -0.05) is 58.4 Å². The summed E-state index contributed by atoms with van der Waals surface area (Å²) in [6.07, 6.45) is 0. The highest BCUT2D eigenvalue weighted by Crippen LogP contribution is 2.30. The van der Waals surface area contributed by atoms with Crippen LogP contribution in [0.1, 0.15) is 16.7 Å². The fraction of sp³-hybridized carbons (Fsp3) is 0.130. The van der Waals surface area contributed by atoms with E-state index in [1.165, 1.54) is 11.1 Å². The minimum absolute atomic E-state index is 0.111. The van der Waals surface area contributed by atoms with Crippen LogP contribution >= 0.6 is 15.9 Å². The normalized spacial score (nSPS) is 15.8. The number of anilines is 1. The maximum absolute atomic E-state index is 14.6. The number of halogens is 2. The average molecular weight is 468 g/mol. The highest BCUT2D eigenvalue weighted by Gasteiger charge is 2.29. The number of ether oxygens (including phenoxy) is 1. The summed E-state index contributed by atoms with van der Waals surface area (Å²) in [5.41, 5.74) is 2.82. The number of esters is 1. The van der Waals surface area contributed by atoms with Crippen molar-refractivity contribution in [2.75, 3.05) is 11.6 Å². The fourth-order valence-electron chi connectivity index (χ4n) is 3.32. The first kappa shape index (κ1) is 20.3. The number of aliphatic imine (C=N–C) groups is 1. The fourth-order valence-corrected chi connectivity index (χ4v) is 3.68. The number of carbonyl (C=O) groups is 1. The molecular weight excluding hydrogens is 449 g/mol. The van der Waals surface area contributed by atoms with Gasteiger partial charge in [-0.3, -0.25) is 4.99 Å². The summed E-state index contributed by atoms with van der Waals surface area (Å²) in [6, 6.07) is 20.3. The van der Waals surface area contributed by atoms with Crippen LogP contribution in [-0.4, -0.2) is 24.3 Å². The van der Waals surface area contributed by atoms with Crippen LogP contribution < -0.4 is 10.9 Å². The molecule has 0 saturated heterocycles. The monoisotopic (exact) mass is 467 g/mol. The van der Waals surface area contributed by atoms with Crippen molar-refractivity contribution < 1.29 is 13.9 Å². The summed E-state index contributed by atoms with van der Waals surface area (Å²) in [5.74, 6) is 5.31. The standard InChI is InChI=1S/C23H19BrFN3O2/c24-16-10-11-21-18(12-16)22(17-8-4-5-9-19(17)25)27-20(13-28(21)26)23(29)30-14-15-6-2-1-3-7-15/h1-12,20H,13-14,26H2. The predicted octanol–water partition coefficient (Wildman–Crippen LogP) is 4.23. The Morgan fingerprint density at radius 3 is 2.60 bits per heavy atom. The Morgan fingerprint density at radius 1 is 1.10 bits per heavy atom. The van der Waals surface area contributed by atoms with Gasteiger partial charge in [-0.15, -0.1) is 0 Å². The number of benzodiazepines with no additional fused rings is 1. The molecule has 5 nitrogen and oxygen atoms in total. The molecule has 30 heavy (non-hydrogen) atoms. The minimum Gasteiger partial charge on any atom is -0.459 e. The molecule has 0 radical (unpaired) electrons. The van der Waals surface area contributed by atoms with Crippen LogP contribution in [0.3, 0.4) is 0 Å². The van der Waals surface area contributed by atoms with E-state index in [0.717, 1.165) is 10.0 Å². The first-order valence-corrected chi connectivity index (χ1v) is 10.2. The number of hydrazine groups is 1. The zero-order valence-electron chi connectivity index (χ0n) is 16.0. The van der Waals surface area contributed by atoms with E-state index in [2.05, 4.69) is 20.9 Å².